The minimum absolute atomic E-state index is 0.247. The Morgan fingerprint density at radius 2 is 2.31 bits per heavy atom. The van der Waals surface area contributed by atoms with Crippen molar-refractivity contribution in [2.75, 3.05) is 20.3 Å². The molecule has 0 aliphatic heterocycles. The van der Waals surface area contributed by atoms with Crippen LogP contribution in [-0.2, 0) is 9.53 Å². The number of aliphatic hydroxyl groups is 1. The zero-order chi connectivity index (χ0) is 12.0. The molecular formula is C12H21NO3. The zero-order valence-corrected chi connectivity index (χ0v) is 10.0. The van der Waals surface area contributed by atoms with E-state index in [-0.39, 0.29) is 12.6 Å². The van der Waals surface area contributed by atoms with Crippen LogP contribution in [0.15, 0.2) is 11.6 Å². The first-order valence-electron chi connectivity index (χ1n) is 5.78. The van der Waals surface area contributed by atoms with Gasteiger partial charge in [-0.05, 0) is 25.7 Å². The Bertz CT molecular complexity index is 263. The highest BCUT2D eigenvalue weighted by molar-refractivity contribution is 5.87. The van der Waals surface area contributed by atoms with Gasteiger partial charge in [0, 0.05) is 24.8 Å². The van der Waals surface area contributed by atoms with Crippen molar-refractivity contribution in [3.63, 3.8) is 0 Å². The molecule has 0 aromatic carbocycles. The van der Waals surface area contributed by atoms with Crippen LogP contribution in [0.3, 0.4) is 0 Å². The summed E-state index contributed by atoms with van der Waals surface area (Å²) in [5, 5.41) is 12.5. The van der Waals surface area contributed by atoms with Gasteiger partial charge >= 0.3 is 5.97 Å². The average molecular weight is 227 g/mol. The van der Waals surface area contributed by atoms with Crippen LogP contribution in [0.1, 0.15) is 26.2 Å². The number of aliphatic hydroxyl groups excluding tert-OH is 1. The second-order valence-corrected chi connectivity index (χ2v) is 4.27. The average Bonchev–Trinajstić information content (AvgIpc) is 2.75. The lowest BCUT2D eigenvalue weighted by Crippen LogP contribution is -2.34. The number of esters is 1. The van der Waals surface area contributed by atoms with Crippen molar-refractivity contribution in [1.29, 1.82) is 0 Å². The molecule has 1 aliphatic carbocycles. The second-order valence-electron chi connectivity index (χ2n) is 4.27. The molecule has 2 N–H and O–H groups in total. The lowest BCUT2D eigenvalue weighted by molar-refractivity contribution is -0.136. The highest BCUT2D eigenvalue weighted by atomic mass is 16.5. The largest absolute Gasteiger partial charge is 0.466 e. The lowest BCUT2D eigenvalue weighted by Gasteiger charge is -2.17. The first-order valence-corrected chi connectivity index (χ1v) is 5.78. The molecule has 0 saturated heterocycles. The summed E-state index contributed by atoms with van der Waals surface area (Å²) in [4.78, 5) is 11.1. The third kappa shape index (κ3) is 3.61. The van der Waals surface area contributed by atoms with E-state index in [0.29, 0.717) is 24.1 Å². The molecule has 0 bridgehead atoms. The Morgan fingerprint density at radius 1 is 1.56 bits per heavy atom. The fourth-order valence-electron chi connectivity index (χ4n) is 2.13. The summed E-state index contributed by atoms with van der Waals surface area (Å²) in [6.45, 7) is 2.64. The van der Waals surface area contributed by atoms with Gasteiger partial charge in [-0.15, -0.1) is 0 Å². The molecule has 0 aromatic heterocycles. The van der Waals surface area contributed by atoms with Crippen molar-refractivity contribution < 1.29 is 14.6 Å². The highest BCUT2D eigenvalue weighted by Gasteiger charge is 2.25. The summed E-state index contributed by atoms with van der Waals surface area (Å²) >= 11 is 0. The van der Waals surface area contributed by atoms with Gasteiger partial charge in [-0.25, -0.2) is 4.79 Å². The number of hydrogen-bond acceptors (Lipinski definition) is 4. The monoisotopic (exact) mass is 227 g/mol. The maximum atomic E-state index is 11.1. The molecule has 16 heavy (non-hydrogen) atoms. The van der Waals surface area contributed by atoms with Crippen molar-refractivity contribution in [2.45, 2.75) is 32.2 Å². The number of hydrogen-bond donors (Lipinski definition) is 2. The van der Waals surface area contributed by atoms with Gasteiger partial charge < -0.3 is 15.2 Å². The third-order valence-electron chi connectivity index (χ3n) is 3.19. The molecule has 2 unspecified atom stereocenters. The van der Waals surface area contributed by atoms with Gasteiger partial charge in [0.05, 0.1) is 7.11 Å². The van der Waals surface area contributed by atoms with E-state index < -0.39 is 0 Å². The van der Waals surface area contributed by atoms with Gasteiger partial charge in [0.1, 0.15) is 0 Å². The molecule has 1 aliphatic rings. The molecule has 4 nitrogen and oxygen atoms in total. The molecule has 0 heterocycles. The Labute approximate surface area is 96.7 Å². The molecule has 2 atom stereocenters. The van der Waals surface area contributed by atoms with Gasteiger partial charge in [0.25, 0.3) is 0 Å². The molecule has 92 valence electrons. The Kier molecular flexibility index (Phi) is 5.49. The summed E-state index contributed by atoms with van der Waals surface area (Å²) < 4.78 is 4.60. The van der Waals surface area contributed by atoms with Crippen molar-refractivity contribution >= 4 is 5.97 Å². The second kappa shape index (κ2) is 6.66. The summed E-state index contributed by atoms with van der Waals surface area (Å²) in [5.41, 5.74) is 0.619. The molecule has 0 radical (unpaired) electrons. The van der Waals surface area contributed by atoms with E-state index in [0.717, 1.165) is 12.8 Å². The molecule has 1 saturated carbocycles. The van der Waals surface area contributed by atoms with Crippen molar-refractivity contribution in [3.05, 3.63) is 11.6 Å². The van der Waals surface area contributed by atoms with E-state index in [1.165, 1.54) is 13.5 Å². The van der Waals surface area contributed by atoms with Crippen LogP contribution in [0.5, 0.6) is 0 Å². The summed E-state index contributed by atoms with van der Waals surface area (Å²) in [5.74, 6) is 0.0822. The molecular weight excluding hydrogens is 206 g/mol. The van der Waals surface area contributed by atoms with Crippen molar-refractivity contribution in [1.82, 2.24) is 5.32 Å². The molecule has 1 rings (SSSR count). The Morgan fingerprint density at radius 3 is 2.94 bits per heavy atom. The predicted molar refractivity (Wildman–Crippen MR) is 62.0 cm³/mol. The smallest absolute Gasteiger partial charge is 0.333 e. The fraction of sp³-hybridized carbons (Fsp3) is 0.750. The zero-order valence-electron chi connectivity index (χ0n) is 10.0. The van der Waals surface area contributed by atoms with Crippen LogP contribution < -0.4 is 5.32 Å². The van der Waals surface area contributed by atoms with E-state index in [1.807, 2.05) is 6.08 Å². The maximum absolute atomic E-state index is 11.1. The number of carbonyl (C=O) groups excluding carboxylic acids is 1. The van der Waals surface area contributed by atoms with Gasteiger partial charge in [-0.3, -0.25) is 0 Å². The first kappa shape index (κ1) is 13.2. The standard InChI is InChI=1S/C12H21NO3/c1-9(12(15)16-2)6-7-13-11-5-3-4-10(11)8-14/h6,10-11,13-14H,3-5,7-8H2,1-2H3. The molecule has 1 fully saturated rings. The minimum Gasteiger partial charge on any atom is -0.466 e. The van der Waals surface area contributed by atoms with E-state index in [9.17, 15) is 4.79 Å². The van der Waals surface area contributed by atoms with Crippen LogP contribution in [-0.4, -0.2) is 37.4 Å². The predicted octanol–water partition coefficient (Wildman–Crippen LogP) is 0.856. The van der Waals surface area contributed by atoms with Crippen LogP contribution in [0.2, 0.25) is 0 Å². The van der Waals surface area contributed by atoms with Crippen molar-refractivity contribution in [3.8, 4) is 0 Å². The van der Waals surface area contributed by atoms with Crippen LogP contribution in [0, 0.1) is 5.92 Å². The number of ether oxygens (including phenoxy) is 1. The molecule has 0 amide bonds. The maximum Gasteiger partial charge on any atom is 0.333 e. The lowest BCUT2D eigenvalue weighted by atomic mass is 10.1. The summed E-state index contributed by atoms with van der Waals surface area (Å²) in [6, 6.07) is 0.381. The molecule has 4 heteroatoms. The Hall–Kier alpha value is -0.870. The normalized spacial score (nSPS) is 25.8. The van der Waals surface area contributed by atoms with Crippen LogP contribution in [0.4, 0.5) is 0 Å². The molecule has 0 spiro atoms. The highest BCUT2D eigenvalue weighted by Crippen LogP contribution is 2.24. The SMILES string of the molecule is COC(=O)C(C)=CCNC1CCCC1CO. The van der Waals surface area contributed by atoms with E-state index in [2.05, 4.69) is 10.1 Å². The molecule has 0 aromatic rings. The topological polar surface area (TPSA) is 58.6 Å². The quantitative estimate of drug-likeness (QED) is 0.540. The van der Waals surface area contributed by atoms with E-state index >= 15 is 0 Å². The third-order valence-corrected chi connectivity index (χ3v) is 3.19. The summed E-state index contributed by atoms with van der Waals surface area (Å²) in [6.07, 6.45) is 5.20. The van der Waals surface area contributed by atoms with E-state index in [4.69, 9.17) is 5.11 Å². The number of rotatable bonds is 5. The number of methoxy groups -OCH3 is 1. The van der Waals surface area contributed by atoms with Gasteiger partial charge in [-0.1, -0.05) is 12.5 Å². The fourth-order valence-corrected chi connectivity index (χ4v) is 2.13. The van der Waals surface area contributed by atoms with Gasteiger partial charge in [-0.2, -0.15) is 0 Å². The minimum atomic E-state index is -0.285. The summed E-state index contributed by atoms with van der Waals surface area (Å²) in [7, 11) is 1.38. The number of nitrogens with one attached hydrogen (secondary N) is 1. The van der Waals surface area contributed by atoms with Gasteiger partial charge in [0.15, 0.2) is 0 Å². The Balaban J connectivity index is 2.32. The van der Waals surface area contributed by atoms with Crippen LogP contribution in [0.25, 0.3) is 0 Å². The van der Waals surface area contributed by atoms with Crippen molar-refractivity contribution in [2.24, 2.45) is 5.92 Å². The van der Waals surface area contributed by atoms with E-state index in [1.54, 1.807) is 6.92 Å². The number of carbonyl (C=O) groups is 1. The van der Waals surface area contributed by atoms with Gasteiger partial charge in [0.2, 0.25) is 0 Å². The first-order chi connectivity index (χ1) is 7.69. The van der Waals surface area contributed by atoms with Crippen LogP contribution >= 0.6 is 0 Å².